The van der Waals surface area contributed by atoms with Gasteiger partial charge in [0.25, 0.3) is 5.79 Å². The average Bonchev–Trinajstić information content (AvgIpc) is 2.21. The Morgan fingerprint density at radius 2 is 1.38 bits per heavy atom. The van der Waals surface area contributed by atoms with Gasteiger partial charge in [0.2, 0.25) is 0 Å². The summed E-state index contributed by atoms with van der Waals surface area (Å²) in [6.07, 6.45) is 8.50. The van der Waals surface area contributed by atoms with Crippen molar-refractivity contribution in [3.05, 3.63) is 0 Å². The summed E-state index contributed by atoms with van der Waals surface area (Å²) in [5, 5.41) is 26.5. The lowest BCUT2D eigenvalue weighted by molar-refractivity contribution is -0.205. The van der Waals surface area contributed by atoms with E-state index in [4.69, 9.17) is 15.3 Å². The van der Waals surface area contributed by atoms with Crippen molar-refractivity contribution in [3.8, 4) is 0 Å². The van der Waals surface area contributed by atoms with Crippen molar-refractivity contribution in [2.24, 2.45) is 0 Å². The zero-order valence-corrected chi connectivity index (χ0v) is 10.1. The number of hydrogen-bond acceptors (Lipinski definition) is 3. The average molecular weight is 232 g/mol. The van der Waals surface area contributed by atoms with Gasteiger partial charge in [-0.2, -0.15) is 0 Å². The highest BCUT2D eigenvalue weighted by molar-refractivity contribution is 5.74. The number of aliphatic carboxylic acids is 1. The Kier molecular flexibility index (Phi) is 8.21. The minimum absolute atomic E-state index is 0.0860. The first kappa shape index (κ1) is 15.4. The molecule has 0 aromatic carbocycles. The molecule has 0 radical (unpaired) electrons. The quantitative estimate of drug-likeness (QED) is 0.399. The normalized spacial score (nSPS) is 11.7. The minimum Gasteiger partial charge on any atom is -0.477 e. The van der Waals surface area contributed by atoms with Crippen LogP contribution in [0.4, 0.5) is 0 Å². The fraction of sp³-hybridized carbons (Fsp3) is 0.917. The first-order valence-corrected chi connectivity index (χ1v) is 6.19. The molecule has 0 bridgehead atoms. The van der Waals surface area contributed by atoms with Crippen LogP contribution in [-0.4, -0.2) is 27.1 Å². The summed E-state index contributed by atoms with van der Waals surface area (Å²) in [4.78, 5) is 10.4. The summed E-state index contributed by atoms with van der Waals surface area (Å²) in [6.45, 7) is 2.17. The molecule has 16 heavy (non-hydrogen) atoms. The van der Waals surface area contributed by atoms with Crippen molar-refractivity contribution >= 4 is 5.97 Å². The van der Waals surface area contributed by atoms with Crippen molar-refractivity contribution < 1.29 is 20.1 Å². The molecule has 0 atom stereocenters. The number of carboxylic acids is 1. The van der Waals surface area contributed by atoms with Gasteiger partial charge in [0.1, 0.15) is 0 Å². The molecule has 0 saturated heterocycles. The molecule has 0 aromatic rings. The van der Waals surface area contributed by atoms with Crippen LogP contribution in [0.2, 0.25) is 0 Å². The smallest absolute Gasteiger partial charge is 0.364 e. The maximum Gasteiger partial charge on any atom is 0.364 e. The second kappa shape index (κ2) is 8.53. The number of aliphatic hydroxyl groups is 2. The second-order valence-electron chi connectivity index (χ2n) is 4.35. The molecule has 0 spiro atoms. The summed E-state index contributed by atoms with van der Waals surface area (Å²) < 4.78 is 0. The molecular formula is C12H24O4. The molecule has 0 aromatic heterocycles. The lowest BCUT2D eigenvalue weighted by atomic mass is 10.0. The lowest BCUT2D eigenvalue weighted by Gasteiger charge is -2.15. The molecule has 4 heteroatoms. The summed E-state index contributed by atoms with van der Waals surface area (Å²) in [5.74, 6) is -4.10. The van der Waals surface area contributed by atoms with Gasteiger partial charge in [-0.15, -0.1) is 0 Å². The Hall–Kier alpha value is -0.610. The maximum atomic E-state index is 10.4. The molecule has 0 rings (SSSR count). The van der Waals surface area contributed by atoms with E-state index in [1.54, 1.807) is 0 Å². The number of carbonyl (C=O) groups is 1. The summed E-state index contributed by atoms with van der Waals surface area (Å²) >= 11 is 0. The molecule has 3 N–H and O–H groups in total. The van der Waals surface area contributed by atoms with Gasteiger partial charge < -0.3 is 15.3 Å². The molecule has 0 aliphatic carbocycles. The van der Waals surface area contributed by atoms with Gasteiger partial charge in [-0.3, -0.25) is 0 Å². The van der Waals surface area contributed by atoms with Crippen molar-refractivity contribution in [1.82, 2.24) is 0 Å². The predicted molar refractivity (Wildman–Crippen MR) is 62.0 cm³/mol. The van der Waals surface area contributed by atoms with Crippen LogP contribution in [0, 0.1) is 0 Å². The third kappa shape index (κ3) is 7.65. The Labute approximate surface area is 97.3 Å². The third-order valence-electron chi connectivity index (χ3n) is 2.72. The Bertz CT molecular complexity index is 189. The fourth-order valence-corrected chi connectivity index (χ4v) is 1.61. The summed E-state index contributed by atoms with van der Waals surface area (Å²) in [6, 6.07) is 0. The summed E-state index contributed by atoms with van der Waals surface area (Å²) in [5.41, 5.74) is 0. The zero-order chi connectivity index (χ0) is 12.4. The second-order valence-corrected chi connectivity index (χ2v) is 4.35. The van der Waals surface area contributed by atoms with E-state index in [0.717, 1.165) is 19.3 Å². The summed E-state index contributed by atoms with van der Waals surface area (Å²) in [7, 11) is 0. The Morgan fingerprint density at radius 3 is 1.81 bits per heavy atom. The van der Waals surface area contributed by atoms with Gasteiger partial charge in [0.05, 0.1) is 0 Å². The van der Waals surface area contributed by atoms with Gasteiger partial charge in [-0.1, -0.05) is 51.9 Å². The van der Waals surface area contributed by atoms with Crippen molar-refractivity contribution in [2.45, 2.75) is 70.5 Å². The molecule has 0 aliphatic rings. The predicted octanol–water partition coefficient (Wildman–Crippen LogP) is 2.28. The van der Waals surface area contributed by atoms with Gasteiger partial charge >= 0.3 is 5.97 Å². The van der Waals surface area contributed by atoms with E-state index in [2.05, 4.69) is 6.92 Å². The highest BCUT2D eigenvalue weighted by atomic mass is 16.5. The largest absolute Gasteiger partial charge is 0.477 e. The van der Waals surface area contributed by atoms with Crippen LogP contribution in [-0.2, 0) is 4.79 Å². The van der Waals surface area contributed by atoms with Gasteiger partial charge in [0, 0.05) is 6.42 Å². The number of unbranched alkanes of at least 4 members (excludes halogenated alkanes) is 7. The van der Waals surface area contributed by atoms with Crippen LogP contribution in [0.5, 0.6) is 0 Å². The monoisotopic (exact) mass is 232 g/mol. The van der Waals surface area contributed by atoms with Crippen LogP contribution >= 0.6 is 0 Å². The van der Waals surface area contributed by atoms with E-state index >= 15 is 0 Å². The molecule has 0 unspecified atom stereocenters. The van der Waals surface area contributed by atoms with Crippen LogP contribution in [0.15, 0.2) is 0 Å². The zero-order valence-electron chi connectivity index (χ0n) is 10.1. The molecule has 0 heterocycles. The first-order chi connectivity index (χ1) is 7.50. The van der Waals surface area contributed by atoms with Crippen LogP contribution in [0.25, 0.3) is 0 Å². The van der Waals surface area contributed by atoms with E-state index in [9.17, 15) is 4.79 Å². The molecule has 96 valence electrons. The molecule has 0 fully saturated rings. The molecule has 0 saturated carbocycles. The van der Waals surface area contributed by atoms with Gasteiger partial charge in [-0.05, 0) is 6.42 Å². The standard InChI is InChI=1S/C12H24O4/c1-2-3-4-5-6-7-8-9-10-12(15,16)11(13)14/h15-16H,2-10H2,1H3,(H,13,14). The highest BCUT2D eigenvalue weighted by Crippen LogP contribution is 2.14. The van der Waals surface area contributed by atoms with Crippen LogP contribution < -0.4 is 0 Å². The van der Waals surface area contributed by atoms with E-state index in [1.807, 2.05) is 0 Å². The van der Waals surface area contributed by atoms with Crippen molar-refractivity contribution in [1.29, 1.82) is 0 Å². The first-order valence-electron chi connectivity index (χ1n) is 6.19. The lowest BCUT2D eigenvalue weighted by Crippen LogP contribution is -2.37. The minimum atomic E-state index is -2.54. The number of hydrogen-bond donors (Lipinski definition) is 3. The van der Waals surface area contributed by atoms with E-state index in [1.165, 1.54) is 25.7 Å². The molecule has 0 amide bonds. The highest BCUT2D eigenvalue weighted by Gasteiger charge is 2.31. The Balaban J connectivity index is 3.30. The Morgan fingerprint density at radius 1 is 0.938 bits per heavy atom. The van der Waals surface area contributed by atoms with Crippen molar-refractivity contribution in [2.75, 3.05) is 0 Å². The fourth-order valence-electron chi connectivity index (χ4n) is 1.61. The third-order valence-corrected chi connectivity index (χ3v) is 2.72. The van der Waals surface area contributed by atoms with Crippen LogP contribution in [0.1, 0.15) is 64.7 Å². The SMILES string of the molecule is CCCCCCCCCCC(O)(O)C(=O)O. The van der Waals surface area contributed by atoms with E-state index < -0.39 is 11.8 Å². The van der Waals surface area contributed by atoms with Crippen LogP contribution in [0.3, 0.4) is 0 Å². The van der Waals surface area contributed by atoms with Gasteiger partial charge in [-0.25, -0.2) is 4.79 Å². The number of carboxylic acid groups (broad SMARTS) is 1. The molecule has 0 aliphatic heterocycles. The molecular weight excluding hydrogens is 208 g/mol. The van der Waals surface area contributed by atoms with E-state index in [0.29, 0.717) is 6.42 Å². The van der Waals surface area contributed by atoms with Gasteiger partial charge in [0.15, 0.2) is 0 Å². The molecule has 4 nitrogen and oxygen atoms in total. The maximum absolute atomic E-state index is 10.4. The van der Waals surface area contributed by atoms with Crippen molar-refractivity contribution in [3.63, 3.8) is 0 Å². The number of rotatable bonds is 10. The topological polar surface area (TPSA) is 77.8 Å². The van der Waals surface area contributed by atoms with E-state index in [-0.39, 0.29) is 6.42 Å².